The van der Waals surface area contributed by atoms with E-state index in [1.807, 2.05) is 0 Å². The molecule has 98 valence electrons. The molecule has 4 nitrogen and oxygen atoms in total. The molecular weight excluding hydrogens is 312 g/mol. The number of carboxylic acids is 1. The minimum atomic E-state index is -1.05. The SMILES string of the molecule is COc1cccc(Oc2cccc(Br)c2C(=O)O)c1. The van der Waals surface area contributed by atoms with Crippen LogP contribution in [0, 0.1) is 0 Å². The third kappa shape index (κ3) is 3.06. The van der Waals surface area contributed by atoms with Crippen molar-refractivity contribution in [3.63, 3.8) is 0 Å². The first-order valence-electron chi connectivity index (χ1n) is 5.45. The Bertz CT molecular complexity index is 610. The number of hydrogen-bond acceptors (Lipinski definition) is 3. The van der Waals surface area contributed by atoms with Gasteiger partial charge in [-0.25, -0.2) is 4.79 Å². The highest BCUT2D eigenvalue weighted by molar-refractivity contribution is 9.10. The maximum Gasteiger partial charge on any atom is 0.340 e. The summed E-state index contributed by atoms with van der Waals surface area (Å²) in [6.45, 7) is 0. The van der Waals surface area contributed by atoms with E-state index in [1.54, 1.807) is 49.6 Å². The standard InChI is InChI=1S/C14H11BrO4/c1-18-9-4-2-5-10(8-9)19-12-7-3-6-11(15)13(12)14(16)17/h2-8H,1H3,(H,16,17). The lowest BCUT2D eigenvalue weighted by Gasteiger charge is -2.10. The summed E-state index contributed by atoms with van der Waals surface area (Å²) in [5.41, 5.74) is 0.0883. The van der Waals surface area contributed by atoms with Gasteiger partial charge in [-0.2, -0.15) is 0 Å². The third-order valence-corrected chi connectivity index (χ3v) is 3.12. The van der Waals surface area contributed by atoms with Gasteiger partial charge in [-0.3, -0.25) is 0 Å². The fraction of sp³-hybridized carbons (Fsp3) is 0.0714. The highest BCUT2D eigenvalue weighted by Crippen LogP contribution is 2.31. The molecule has 0 unspecified atom stereocenters. The molecule has 0 saturated heterocycles. The van der Waals surface area contributed by atoms with Crippen molar-refractivity contribution in [2.75, 3.05) is 7.11 Å². The molecule has 19 heavy (non-hydrogen) atoms. The first kappa shape index (κ1) is 13.4. The zero-order chi connectivity index (χ0) is 13.8. The number of aromatic carboxylic acids is 1. The van der Waals surface area contributed by atoms with E-state index in [0.29, 0.717) is 16.0 Å². The van der Waals surface area contributed by atoms with Crippen molar-refractivity contribution in [3.8, 4) is 17.2 Å². The van der Waals surface area contributed by atoms with E-state index in [2.05, 4.69) is 15.9 Å². The Morgan fingerprint density at radius 2 is 1.84 bits per heavy atom. The fourth-order valence-electron chi connectivity index (χ4n) is 1.59. The molecule has 2 aromatic carbocycles. The van der Waals surface area contributed by atoms with Crippen LogP contribution >= 0.6 is 15.9 Å². The monoisotopic (exact) mass is 322 g/mol. The largest absolute Gasteiger partial charge is 0.497 e. The van der Waals surface area contributed by atoms with E-state index in [1.165, 1.54) is 0 Å². The van der Waals surface area contributed by atoms with Crippen LogP contribution in [0.3, 0.4) is 0 Å². The highest BCUT2D eigenvalue weighted by Gasteiger charge is 2.15. The van der Waals surface area contributed by atoms with Gasteiger partial charge in [0, 0.05) is 10.5 Å². The topological polar surface area (TPSA) is 55.8 Å². The lowest BCUT2D eigenvalue weighted by molar-refractivity contribution is 0.0693. The Hall–Kier alpha value is -2.01. The average Bonchev–Trinajstić information content (AvgIpc) is 2.38. The molecule has 0 heterocycles. The summed E-state index contributed by atoms with van der Waals surface area (Å²) in [6, 6.07) is 11.9. The van der Waals surface area contributed by atoms with Crippen LogP contribution in [0.2, 0.25) is 0 Å². The van der Waals surface area contributed by atoms with Gasteiger partial charge in [-0.05, 0) is 40.2 Å². The summed E-state index contributed by atoms with van der Waals surface area (Å²) in [6.07, 6.45) is 0. The molecule has 1 N–H and O–H groups in total. The Morgan fingerprint density at radius 1 is 1.16 bits per heavy atom. The maximum atomic E-state index is 11.2. The number of hydrogen-bond donors (Lipinski definition) is 1. The van der Waals surface area contributed by atoms with E-state index in [9.17, 15) is 9.90 Å². The Labute approximate surface area is 118 Å². The molecule has 0 radical (unpaired) electrons. The molecule has 0 fully saturated rings. The van der Waals surface area contributed by atoms with E-state index >= 15 is 0 Å². The van der Waals surface area contributed by atoms with Crippen molar-refractivity contribution in [1.82, 2.24) is 0 Å². The molecule has 2 rings (SSSR count). The second kappa shape index (κ2) is 5.75. The van der Waals surface area contributed by atoms with E-state index in [-0.39, 0.29) is 11.3 Å². The zero-order valence-corrected chi connectivity index (χ0v) is 11.7. The first-order chi connectivity index (χ1) is 9.11. The van der Waals surface area contributed by atoms with Crippen LogP contribution in [0.25, 0.3) is 0 Å². The fourth-order valence-corrected chi connectivity index (χ4v) is 2.11. The molecule has 0 saturated carbocycles. The summed E-state index contributed by atoms with van der Waals surface area (Å²) >= 11 is 3.20. The molecule has 2 aromatic rings. The van der Waals surface area contributed by atoms with Crippen molar-refractivity contribution in [2.45, 2.75) is 0 Å². The molecule has 0 spiro atoms. The Kier molecular flexibility index (Phi) is 4.06. The average molecular weight is 323 g/mol. The van der Waals surface area contributed by atoms with Gasteiger partial charge in [0.2, 0.25) is 0 Å². The quantitative estimate of drug-likeness (QED) is 0.926. The van der Waals surface area contributed by atoms with Gasteiger partial charge in [0.15, 0.2) is 0 Å². The number of carbonyl (C=O) groups is 1. The summed E-state index contributed by atoms with van der Waals surface area (Å²) in [5.74, 6) is 0.379. The van der Waals surface area contributed by atoms with Crippen molar-refractivity contribution >= 4 is 21.9 Å². The van der Waals surface area contributed by atoms with Gasteiger partial charge in [-0.1, -0.05) is 12.1 Å². The van der Waals surface area contributed by atoms with Crippen molar-refractivity contribution in [2.24, 2.45) is 0 Å². The Morgan fingerprint density at radius 3 is 2.53 bits per heavy atom. The molecule has 0 aliphatic heterocycles. The highest BCUT2D eigenvalue weighted by atomic mass is 79.9. The van der Waals surface area contributed by atoms with Crippen LogP contribution in [0.15, 0.2) is 46.9 Å². The number of benzene rings is 2. The van der Waals surface area contributed by atoms with Gasteiger partial charge in [0.05, 0.1) is 7.11 Å². The molecule has 0 aliphatic rings. The molecule has 5 heteroatoms. The number of methoxy groups -OCH3 is 1. The summed E-state index contributed by atoms with van der Waals surface area (Å²) in [7, 11) is 1.56. The minimum absolute atomic E-state index is 0.0883. The Balaban J connectivity index is 2.38. The number of rotatable bonds is 4. The van der Waals surface area contributed by atoms with E-state index in [4.69, 9.17) is 9.47 Å². The summed E-state index contributed by atoms with van der Waals surface area (Å²) in [4.78, 5) is 11.2. The number of halogens is 1. The van der Waals surface area contributed by atoms with E-state index < -0.39 is 5.97 Å². The second-order valence-electron chi connectivity index (χ2n) is 3.70. The number of ether oxygens (including phenoxy) is 2. The van der Waals surface area contributed by atoms with Gasteiger partial charge in [-0.15, -0.1) is 0 Å². The molecule has 0 amide bonds. The molecule has 0 aliphatic carbocycles. The van der Waals surface area contributed by atoms with Crippen LogP contribution in [0.5, 0.6) is 17.2 Å². The number of carboxylic acid groups (broad SMARTS) is 1. The smallest absolute Gasteiger partial charge is 0.340 e. The van der Waals surface area contributed by atoms with Crippen molar-refractivity contribution in [1.29, 1.82) is 0 Å². The lowest BCUT2D eigenvalue weighted by atomic mass is 10.2. The lowest BCUT2D eigenvalue weighted by Crippen LogP contribution is -2.01. The second-order valence-corrected chi connectivity index (χ2v) is 4.55. The van der Waals surface area contributed by atoms with Crippen LogP contribution in [-0.2, 0) is 0 Å². The predicted octanol–water partition coefficient (Wildman–Crippen LogP) is 3.95. The summed E-state index contributed by atoms with van der Waals surface area (Å²) < 4.78 is 11.2. The molecule has 0 bridgehead atoms. The normalized spacial score (nSPS) is 10.0. The van der Waals surface area contributed by atoms with Crippen LogP contribution < -0.4 is 9.47 Å². The van der Waals surface area contributed by atoms with Crippen LogP contribution in [-0.4, -0.2) is 18.2 Å². The zero-order valence-electron chi connectivity index (χ0n) is 10.1. The van der Waals surface area contributed by atoms with Crippen LogP contribution in [0.1, 0.15) is 10.4 Å². The van der Waals surface area contributed by atoms with Crippen molar-refractivity contribution in [3.05, 3.63) is 52.5 Å². The first-order valence-corrected chi connectivity index (χ1v) is 6.25. The predicted molar refractivity (Wildman–Crippen MR) is 74.2 cm³/mol. The van der Waals surface area contributed by atoms with Gasteiger partial charge < -0.3 is 14.6 Å². The van der Waals surface area contributed by atoms with Gasteiger partial charge >= 0.3 is 5.97 Å². The van der Waals surface area contributed by atoms with Gasteiger partial charge in [0.1, 0.15) is 22.8 Å². The molecule has 0 aromatic heterocycles. The van der Waals surface area contributed by atoms with Crippen molar-refractivity contribution < 1.29 is 19.4 Å². The van der Waals surface area contributed by atoms with Gasteiger partial charge in [0.25, 0.3) is 0 Å². The van der Waals surface area contributed by atoms with E-state index in [0.717, 1.165) is 0 Å². The minimum Gasteiger partial charge on any atom is -0.497 e. The summed E-state index contributed by atoms with van der Waals surface area (Å²) in [5, 5.41) is 9.19. The third-order valence-electron chi connectivity index (χ3n) is 2.46. The molecule has 0 atom stereocenters. The molecular formula is C14H11BrO4. The maximum absolute atomic E-state index is 11.2. The van der Waals surface area contributed by atoms with Crippen LogP contribution in [0.4, 0.5) is 0 Å².